The number of hydrogen-bond acceptors (Lipinski definition) is 10. The van der Waals surface area contributed by atoms with Gasteiger partial charge in [0, 0.05) is 65.7 Å². The molecule has 1 aromatic heterocycles. The molecule has 58 heavy (non-hydrogen) atoms. The van der Waals surface area contributed by atoms with Crippen molar-refractivity contribution in [3.63, 3.8) is 0 Å². The van der Waals surface area contributed by atoms with Crippen LogP contribution in [-0.2, 0) is 34.6 Å². The van der Waals surface area contributed by atoms with E-state index in [0.717, 1.165) is 5.56 Å². The highest BCUT2D eigenvalue weighted by Gasteiger charge is 2.65. The first-order chi connectivity index (χ1) is 27.8. The molecule has 0 saturated carbocycles. The highest BCUT2D eigenvalue weighted by atomic mass is 16.5. The van der Waals surface area contributed by atoms with Crippen LogP contribution in [0, 0.1) is 11.8 Å². The zero-order chi connectivity index (χ0) is 41.2. The monoisotopic (exact) mass is 788 g/mol. The lowest BCUT2D eigenvalue weighted by atomic mass is 9.71. The van der Waals surface area contributed by atoms with Crippen LogP contribution in [0.5, 0.6) is 11.5 Å². The van der Waals surface area contributed by atoms with Gasteiger partial charge in [-0.25, -0.2) is 0 Å². The fourth-order valence-corrected chi connectivity index (χ4v) is 8.29. The zero-order valence-electron chi connectivity index (χ0n) is 33.1. The third kappa shape index (κ3) is 7.90. The van der Waals surface area contributed by atoms with Gasteiger partial charge in [-0.05, 0) is 105 Å². The first kappa shape index (κ1) is 40.1. The maximum absolute atomic E-state index is 15.1. The number of aromatic nitrogens is 3. The molecule has 1 spiro atoms. The van der Waals surface area contributed by atoms with Crippen LogP contribution in [0.25, 0.3) is 0 Å². The van der Waals surface area contributed by atoms with Crippen molar-refractivity contribution < 1.29 is 38.8 Å². The second-order valence-electron chi connectivity index (χ2n) is 15.3. The molecule has 7 rings (SSSR count). The second-order valence-corrected chi connectivity index (χ2v) is 15.3. The summed E-state index contributed by atoms with van der Waals surface area (Å²) >= 11 is 0. The highest BCUT2D eigenvalue weighted by molar-refractivity contribution is 6.09. The lowest BCUT2D eigenvalue weighted by Gasteiger charge is -2.34. The van der Waals surface area contributed by atoms with Gasteiger partial charge >= 0.3 is 0 Å². The van der Waals surface area contributed by atoms with Crippen molar-refractivity contribution in [2.75, 3.05) is 36.4 Å². The number of benzene rings is 4. The molecule has 2 aliphatic rings. The Morgan fingerprint density at radius 2 is 1.47 bits per heavy atom. The molecule has 14 heteroatoms. The summed E-state index contributed by atoms with van der Waals surface area (Å²) in [5.41, 5.74) is 1.91. The van der Waals surface area contributed by atoms with Crippen molar-refractivity contribution >= 4 is 34.8 Å². The number of aliphatic hydroxyl groups excluding tert-OH is 1. The van der Waals surface area contributed by atoms with Crippen LogP contribution in [0.2, 0.25) is 0 Å². The number of anilines is 3. The van der Waals surface area contributed by atoms with E-state index in [-0.39, 0.29) is 30.9 Å². The normalized spacial score (nSPS) is 19.9. The Morgan fingerprint density at radius 3 is 2.03 bits per heavy atom. The molecule has 0 unspecified atom stereocenters. The fraction of sp³-hybridized carbons (Fsp3) is 0.341. The van der Waals surface area contributed by atoms with Gasteiger partial charge in [0.05, 0.1) is 43.9 Å². The molecular formula is C44H48N6O8. The van der Waals surface area contributed by atoms with Crippen LogP contribution in [0.3, 0.4) is 0 Å². The molecule has 0 aliphatic carbocycles. The minimum Gasteiger partial charge on any atom is -0.497 e. The molecule has 1 saturated heterocycles. The largest absolute Gasteiger partial charge is 0.497 e. The van der Waals surface area contributed by atoms with Gasteiger partial charge < -0.3 is 40.0 Å². The molecule has 3 heterocycles. The van der Waals surface area contributed by atoms with Crippen LogP contribution < -0.4 is 25.0 Å². The highest BCUT2D eigenvalue weighted by Crippen LogP contribution is 2.58. The van der Waals surface area contributed by atoms with E-state index < -0.39 is 29.1 Å². The standard InChI is InChI=1S/C44H48N6O8/c1-27-39(43(2,3)55)38(20-22-49-26-33(21-23-51)47-48-49)58-44(27)36-24-32(46-41(53)30-10-17-35(57-5)18-11-30)14-19-37(36)50(42(44)54)25-28-6-12-31(13-7-28)45-40(52)29-8-15-34(56-4)16-9-29/h6-19,24,26-27,38-39,51,55H,20-23,25H2,1-5H3,(H,45,52)(H,46,53)/t27-,38+,39-,44+/m1/s1. The number of carbonyl (C=O) groups excluding carboxylic acids is 3. The number of nitrogens with one attached hydrogen (secondary N) is 2. The summed E-state index contributed by atoms with van der Waals surface area (Å²) in [5, 5.41) is 35.3. The van der Waals surface area contributed by atoms with Crippen molar-refractivity contribution in [1.82, 2.24) is 15.0 Å². The lowest BCUT2D eigenvalue weighted by Crippen LogP contribution is -2.46. The molecule has 4 N–H and O–H groups in total. The van der Waals surface area contributed by atoms with E-state index in [4.69, 9.17) is 14.2 Å². The summed E-state index contributed by atoms with van der Waals surface area (Å²) in [5.74, 6) is -0.590. The Bertz CT molecular complexity index is 2270. The third-order valence-electron chi connectivity index (χ3n) is 11.1. The predicted molar refractivity (Wildman–Crippen MR) is 217 cm³/mol. The number of carbonyl (C=O) groups is 3. The third-order valence-corrected chi connectivity index (χ3v) is 11.1. The summed E-state index contributed by atoms with van der Waals surface area (Å²) in [6.45, 7) is 5.96. The lowest BCUT2D eigenvalue weighted by molar-refractivity contribution is -0.146. The topological polar surface area (TPSA) is 177 Å². The molecule has 0 radical (unpaired) electrons. The van der Waals surface area contributed by atoms with Crippen molar-refractivity contribution in [1.29, 1.82) is 0 Å². The average Bonchev–Trinajstić information content (AvgIpc) is 3.87. The van der Waals surface area contributed by atoms with Gasteiger partial charge in [-0.2, -0.15) is 0 Å². The predicted octanol–water partition coefficient (Wildman–Crippen LogP) is 5.59. The van der Waals surface area contributed by atoms with E-state index in [0.29, 0.717) is 70.3 Å². The smallest absolute Gasteiger partial charge is 0.264 e. The van der Waals surface area contributed by atoms with Gasteiger partial charge in [0.1, 0.15) is 11.5 Å². The minimum atomic E-state index is -1.50. The summed E-state index contributed by atoms with van der Waals surface area (Å²) in [6.07, 6.45) is 2.01. The van der Waals surface area contributed by atoms with Gasteiger partial charge in [-0.1, -0.05) is 24.3 Å². The Hall–Kier alpha value is -6.09. The number of methoxy groups -OCH3 is 2. The van der Waals surface area contributed by atoms with E-state index in [1.807, 2.05) is 25.1 Å². The summed E-state index contributed by atoms with van der Waals surface area (Å²) in [6, 6.07) is 26.3. The minimum absolute atomic E-state index is 0.0445. The average molecular weight is 789 g/mol. The molecule has 1 fully saturated rings. The van der Waals surface area contributed by atoms with E-state index in [9.17, 15) is 19.8 Å². The summed E-state index contributed by atoms with van der Waals surface area (Å²) < 4.78 is 19.1. The molecular weight excluding hydrogens is 741 g/mol. The second kappa shape index (κ2) is 16.4. The zero-order valence-corrected chi connectivity index (χ0v) is 33.1. The number of aliphatic hydroxyl groups is 2. The number of rotatable bonds is 14. The van der Waals surface area contributed by atoms with Crippen LogP contribution in [0.1, 0.15) is 64.7 Å². The number of nitrogens with zero attached hydrogens (tertiary/aromatic N) is 4. The Balaban J connectivity index is 1.19. The maximum atomic E-state index is 15.1. The van der Waals surface area contributed by atoms with E-state index in [1.54, 1.807) is 117 Å². The Kier molecular flexibility index (Phi) is 11.4. The van der Waals surface area contributed by atoms with Crippen LogP contribution in [-0.4, -0.2) is 75.5 Å². The quantitative estimate of drug-likeness (QED) is 0.111. The van der Waals surface area contributed by atoms with E-state index in [2.05, 4.69) is 20.9 Å². The molecule has 302 valence electrons. The Morgan fingerprint density at radius 1 is 0.879 bits per heavy atom. The van der Waals surface area contributed by atoms with Gasteiger partial charge in [0.25, 0.3) is 17.7 Å². The van der Waals surface area contributed by atoms with Crippen LogP contribution in [0.15, 0.2) is 97.2 Å². The molecule has 2 aliphatic heterocycles. The van der Waals surface area contributed by atoms with Gasteiger partial charge in [-0.15, -0.1) is 5.10 Å². The number of aryl methyl sites for hydroxylation is 1. The van der Waals surface area contributed by atoms with Gasteiger partial charge in [0.15, 0.2) is 5.60 Å². The molecule has 0 bridgehead atoms. The number of fused-ring (bicyclic) bond motifs is 2. The first-order valence-electron chi connectivity index (χ1n) is 19.2. The number of amides is 3. The Labute approximate surface area is 336 Å². The van der Waals surface area contributed by atoms with Crippen molar-refractivity contribution in [3.05, 3.63) is 125 Å². The summed E-state index contributed by atoms with van der Waals surface area (Å²) in [7, 11) is 3.12. The van der Waals surface area contributed by atoms with Crippen molar-refractivity contribution in [2.45, 2.75) is 64.0 Å². The molecule has 5 aromatic rings. The number of hydrogen-bond donors (Lipinski definition) is 4. The molecule has 14 nitrogen and oxygen atoms in total. The van der Waals surface area contributed by atoms with E-state index >= 15 is 4.79 Å². The maximum Gasteiger partial charge on any atom is 0.264 e. The molecule has 3 amide bonds. The van der Waals surface area contributed by atoms with Crippen molar-refractivity contribution in [2.24, 2.45) is 11.8 Å². The van der Waals surface area contributed by atoms with Gasteiger partial charge in [-0.3, -0.25) is 19.1 Å². The number of ether oxygens (including phenoxy) is 3. The summed E-state index contributed by atoms with van der Waals surface area (Å²) in [4.78, 5) is 43.1. The van der Waals surface area contributed by atoms with E-state index in [1.165, 1.54) is 0 Å². The van der Waals surface area contributed by atoms with Crippen LogP contribution >= 0.6 is 0 Å². The molecule has 4 aromatic carbocycles. The van der Waals surface area contributed by atoms with Crippen molar-refractivity contribution in [3.8, 4) is 11.5 Å². The molecule has 4 atom stereocenters. The first-order valence-corrected chi connectivity index (χ1v) is 19.2. The SMILES string of the molecule is COc1ccc(C(=O)Nc2ccc(CN3C(=O)[C@@]4(O[C@@H](CCn5cc(CCO)nn5)[C@H](C(C)(C)O)[C@H]4C)c4cc(NC(=O)c5ccc(OC)cc5)ccc43)cc2)cc1. The van der Waals surface area contributed by atoms with Gasteiger partial charge in [0.2, 0.25) is 0 Å². The fourth-order valence-electron chi connectivity index (χ4n) is 8.29. The van der Waals surface area contributed by atoms with Crippen LogP contribution in [0.4, 0.5) is 17.1 Å².